The highest BCUT2D eigenvalue weighted by molar-refractivity contribution is 6.02. The summed E-state index contributed by atoms with van der Waals surface area (Å²) in [7, 11) is 0. The number of hydrogen-bond donors (Lipinski definition) is 1. The summed E-state index contributed by atoms with van der Waals surface area (Å²) in [6.45, 7) is 1.84. The van der Waals surface area contributed by atoms with Crippen molar-refractivity contribution < 1.29 is 9.72 Å². The average Bonchev–Trinajstić information content (AvgIpc) is 2.41. The lowest BCUT2D eigenvalue weighted by Gasteiger charge is -2.04. The maximum Gasteiger partial charge on any atom is 0.287 e. The number of nitrogens with zero attached hydrogens (tertiary/aromatic N) is 3. The zero-order valence-electron chi connectivity index (χ0n) is 10.0. The Morgan fingerprint density at radius 3 is 2.53 bits per heavy atom. The van der Waals surface area contributed by atoms with Gasteiger partial charge in [0.1, 0.15) is 11.9 Å². The van der Waals surface area contributed by atoms with Gasteiger partial charge in [-0.25, -0.2) is 4.98 Å². The number of aromatic nitrogens is 2. The SMILES string of the molecule is Cc1ccc(NC(=O)c2ccc([N+](=O)[O-])cn2)cn1. The minimum atomic E-state index is -0.571. The highest BCUT2D eigenvalue weighted by Gasteiger charge is 2.11. The second-order valence-corrected chi connectivity index (χ2v) is 3.80. The molecule has 0 aliphatic carbocycles. The van der Waals surface area contributed by atoms with Crippen LogP contribution in [0.4, 0.5) is 11.4 Å². The number of pyridine rings is 2. The number of nitrogens with one attached hydrogen (secondary N) is 1. The summed E-state index contributed by atoms with van der Waals surface area (Å²) in [6.07, 6.45) is 2.57. The van der Waals surface area contributed by atoms with Gasteiger partial charge in [0.05, 0.1) is 16.8 Å². The molecule has 19 heavy (non-hydrogen) atoms. The van der Waals surface area contributed by atoms with E-state index in [4.69, 9.17) is 0 Å². The lowest BCUT2D eigenvalue weighted by molar-refractivity contribution is -0.385. The van der Waals surface area contributed by atoms with E-state index in [-0.39, 0.29) is 11.4 Å². The Balaban J connectivity index is 2.11. The van der Waals surface area contributed by atoms with E-state index in [0.717, 1.165) is 11.9 Å². The van der Waals surface area contributed by atoms with Gasteiger partial charge in [-0.15, -0.1) is 0 Å². The van der Waals surface area contributed by atoms with Crippen molar-refractivity contribution in [2.45, 2.75) is 6.92 Å². The van der Waals surface area contributed by atoms with Gasteiger partial charge >= 0.3 is 0 Å². The number of anilines is 1. The fourth-order valence-electron chi connectivity index (χ4n) is 1.37. The second-order valence-electron chi connectivity index (χ2n) is 3.80. The molecule has 0 aliphatic heterocycles. The van der Waals surface area contributed by atoms with Gasteiger partial charge in [0.2, 0.25) is 0 Å². The van der Waals surface area contributed by atoms with Crippen LogP contribution in [0.5, 0.6) is 0 Å². The van der Waals surface area contributed by atoms with E-state index in [9.17, 15) is 14.9 Å². The highest BCUT2D eigenvalue weighted by atomic mass is 16.6. The molecule has 1 N–H and O–H groups in total. The molecule has 0 saturated carbocycles. The lowest BCUT2D eigenvalue weighted by atomic mass is 10.3. The Bertz CT molecular complexity index is 608. The second kappa shape index (κ2) is 5.21. The Labute approximate surface area is 108 Å². The van der Waals surface area contributed by atoms with Crippen molar-refractivity contribution >= 4 is 17.3 Å². The fourth-order valence-corrected chi connectivity index (χ4v) is 1.37. The van der Waals surface area contributed by atoms with Gasteiger partial charge in [-0.1, -0.05) is 0 Å². The third-order valence-electron chi connectivity index (χ3n) is 2.36. The molecule has 0 radical (unpaired) electrons. The molecular weight excluding hydrogens is 248 g/mol. The van der Waals surface area contributed by atoms with Crippen molar-refractivity contribution in [2.75, 3.05) is 5.32 Å². The minimum Gasteiger partial charge on any atom is -0.319 e. The van der Waals surface area contributed by atoms with E-state index in [1.165, 1.54) is 18.3 Å². The Morgan fingerprint density at radius 1 is 1.21 bits per heavy atom. The van der Waals surface area contributed by atoms with E-state index in [0.29, 0.717) is 5.69 Å². The molecule has 1 amide bonds. The van der Waals surface area contributed by atoms with Crippen LogP contribution in [-0.2, 0) is 0 Å². The van der Waals surface area contributed by atoms with Gasteiger partial charge < -0.3 is 5.32 Å². The normalized spacial score (nSPS) is 9.95. The predicted octanol–water partition coefficient (Wildman–Crippen LogP) is 1.95. The van der Waals surface area contributed by atoms with E-state index in [1.54, 1.807) is 12.1 Å². The predicted molar refractivity (Wildman–Crippen MR) is 67.8 cm³/mol. The molecule has 2 rings (SSSR count). The molecule has 0 spiro atoms. The number of hydrogen-bond acceptors (Lipinski definition) is 5. The quantitative estimate of drug-likeness (QED) is 0.670. The molecule has 0 atom stereocenters. The van der Waals surface area contributed by atoms with Gasteiger partial charge in [0, 0.05) is 11.8 Å². The molecule has 0 unspecified atom stereocenters. The summed E-state index contributed by atoms with van der Waals surface area (Å²) < 4.78 is 0. The molecular formula is C12H10N4O3. The van der Waals surface area contributed by atoms with Crippen LogP contribution >= 0.6 is 0 Å². The maximum absolute atomic E-state index is 11.8. The van der Waals surface area contributed by atoms with E-state index >= 15 is 0 Å². The Morgan fingerprint density at radius 2 is 2.00 bits per heavy atom. The van der Waals surface area contributed by atoms with Crippen LogP contribution < -0.4 is 5.32 Å². The summed E-state index contributed by atoms with van der Waals surface area (Å²) in [5.74, 6) is -0.444. The fraction of sp³-hybridized carbons (Fsp3) is 0.0833. The molecule has 0 aliphatic rings. The van der Waals surface area contributed by atoms with Crippen LogP contribution in [0, 0.1) is 17.0 Å². The van der Waals surface area contributed by atoms with Crippen molar-refractivity contribution in [2.24, 2.45) is 0 Å². The van der Waals surface area contributed by atoms with Crippen molar-refractivity contribution in [1.82, 2.24) is 9.97 Å². The first kappa shape index (κ1) is 12.6. The summed E-state index contributed by atoms with van der Waals surface area (Å²) in [5.41, 5.74) is 1.32. The summed E-state index contributed by atoms with van der Waals surface area (Å²) in [5, 5.41) is 13.1. The van der Waals surface area contributed by atoms with Crippen LogP contribution in [0.1, 0.15) is 16.2 Å². The molecule has 2 heterocycles. The number of aryl methyl sites for hydroxylation is 1. The van der Waals surface area contributed by atoms with Crippen LogP contribution in [0.2, 0.25) is 0 Å². The smallest absolute Gasteiger partial charge is 0.287 e. The van der Waals surface area contributed by atoms with Crippen LogP contribution in [0.25, 0.3) is 0 Å². The molecule has 0 fully saturated rings. The summed E-state index contributed by atoms with van der Waals surface area (Å²) in [4.78, 5) is 29.5. The zero-order valence-corrected chi connectivity index (χ0v) is 10.0. The molecule has 2 aromatic rings. The van der Waals surface area contributed by atoms with Crippen molar-refractivity contribution in [1.29, 1.82) is 0 Å². The molecule has 96 valence electrons. The number of rotatable bonds is 3. The first-order chi connectivity index (χ1) is 9.06. The highest BCUT2D eigenvalue weighted by Crippen LogP contribution is 2.11. The van der Waals surface area contributed by atoms with Gasteiger partial charge in [-0.2, -0.15) is 0 Å². The van der Waals surface area contributed by atoms with Crippen LogP contribution in [-0.4, -0.2) is 20.8 Å². The minimum absolute atomic E-state index is 0.103. The van der Waals surface area contributed by atoms with Gasteiger partial charge in [0.25, 0.3) is 11.6 Å². The first-order valence-electron chi connectivity index (χ1n) is 5.41. The molecule has 2 aromatic heterocycles. The van der Waals surface area contributed by atoms with Gasteiger partial charge in [-0.3, -0.25) is 19.9 Å². The van der Waals surface area contributed by atoms with Gasteiger partial charge in [0.15, 0.2) is 0 Å². The zero-order chi connectivity index (χ0) is 13.8. The Hall–Kier alpha value is -2.83. The molecule has 7 heteroatoms. The molecule has 0 aromatic carbocycles. The average molecular weight is 258 g/mol. The standard InChI is InChI=1S/C12H10N4O3/c1-8-2-3-9(6-13-8)15-12(17)11-5-4-10(7-14-11)16(18)19/h2-7H,1H3,(H,15,17). The van der Waals surface area contributed by atoms with E-state index in [1.807, 2.05) is 6.92 Å². The summed E-state index contributed by atoms with van der Waals surface area (Å²) >= 11 is 0. The third kappa shape index (κ3) is 3.09. The summed E-state index contributed by atoms with van der Waals surface area (Å²) in [6, 6.07) is 6.01. The van der Waals surface area contributed by atoms with Gasteiger partial charge in [-0.05, 0) is 25.1 Å². The van der Waals surface area contributed by atoms with Crippen molar-refractivity contribution in [3.05, 3.63) is 58.2 Å². The first-order valence-corrected chi connectivity index (χ1v) is 5.41. The molecule has 0 saturated heterocycles. The third-order valence-corrected chi connectivity index (χ3v) is 2.36. The lowest BCUT2D eigenvalue weighted by Crippen LogP contribution is -2.13. The monoisotopic (exact) mass is 258 g/mol. The topological polar surface area (TPSA) is 98.0 Å². The van der Waals surface area contributed by atoms with E-state index < -0.39 is 10.8 Å². The molecule has 7 nitrogen and oxygen atoms in total. The van der Waals surface area contributed by atoms with Crippen LogP contribution in [0.3, 0.4) is 0 Å². The number of nitro groups is 1. The van der Waals surface area contributed by atoms with Crippen molar-refractivity contribution in [3.63, 3.8) is 0 Å². The Kier molecular flexibility index (Phi) is 3.46. The van der Waals surface area contributed by atoms with Crippen LogP contribution in [0.15, 0.2) is 36.7 Å². The largest absolute Gasteiger partial charge is 0.319 e. The number of carbonyl (C=O) groups is 1. The number of carbonyl (C=O) groups excluding carboxylic acids is 1. The van der Waals surface area contributed by atoms with Crippen molar-refractivity contribution in [3.8, 4) is 0 Å². The molecule has 0 bridgehead atoms. The number of amides is 1. The van der Waals surface area contributed by atoms with E-state index in [2.05, 4.69) is 15.3 Å². The maximum atomic E-state index is 11.8.